The second kappa shape index (κ2) is 16.0. The molecule has 1 amide bonds. The zero-order valence-corrected chi connectivity index (χ0v) is 26.4. The van der Waals surface area contributed by atoms with Crippen LogP contribution in [-0.2, 0) is 55.4 Å². The Balaban J connectivity index is 1.07. The van der Waals surface area contributed by atoms with Crippen LogP contribution in [0.3, 0.4) is 0 Å². The molecular weight excluding hydrogens is 569 g/mol. The van der Waals surface area contributed by atoms with E-state index in [-0.39, 0.29) is 19.1 Å². The van der Waals surface area contributed by atoms with Gasteiger partial charge in [-0.1, -0.05) is 109 Å². The van der Waals surface area contributed by atoms with Gasteiger partial charge in [-0.3, -0.25) is 18.4 Å². The van der Waals surface area contributed by atoms with Crippen molar-refractivity contribution in [2.24, 2.45) is 0 Å². The third-order valence-corrected chi connectivity index (χ3v) is 9.51. The normalized spacial score (nSPS) is 15.0. The highest BCUT2D eigenvalue weighted by Gasteiger charge is 2.36. The first kappa shape index (κ1) is 31.9. The molecule has 44 heavy (non-hydrogen) atoms. The van der Waals surface area contributed by atoms with Crippen molar-refractivity contribution >= 4 is 13.7 Å². The second-order valence-corrected chi connectivity index (χ2v) is 13.0. The number of phosphoric acid groups is 1. The molecule has 0 N–H and O–H groups in total. The third-order valence-electron chi connectivity index (χ3n) is 8.06. The topological polar surface area (TPSA) is 65.1 Å². The Labute approximate surface area is 261 Å². The first-order valence-electron chi connectivity index (χ1n) is 15.5. The molecule has 0 aliphatic carbocycles. The average Bonchev–Trinajstić information content (AvgIpc) is 3.52. The first-order chi connectivity index (χ1) is 21.5. The van der Waals surface area contributed by atoms with E-state index in [9.17, 15) is 9.36 Å². The standard InChI is InChI=1S/C37H42NO5P/c1-30-11-8-9-17-35(30)24-23-32-21-19-31(20-22-32)16-10-18-37(39)38-26-25-36(27-38)43-44(40,41-28-33-12-4-2-5-13-33)42-29-34-14-6-3-7-15-34/h2-9,11-15,17,19-22,36H,10,16,18,23-29H2,1H3/t36-/m1/s1. The van der Waals surface area contributed by atoms with Gasteiger partial charge in [0, 0.05) is 19.5 Å². The Morgan fingerprint density at radius 1 is 0.727 bits per heavy atom. The van der Waals surface area contributed by atoms with E-state index in [0.29, 0.717) is 25.9 Å². The van der Waals surface area contributed by atoms with Crippen LogP contribution in [0.4, 0.5) is 0 Å². The molecule has 230 valence electrons. The lowest BCUT2D eigenvalue weighted by Crippen LogP contribution is -2.30. The number of amides is 1. The zero-order chi connectivity index (χ0) is 30.6. The Morgan fingerprint density at radius 2 is 1.30 bits per heavy atom. The predicted molar refractivity (Wildman–Crippen MR) is 174 cm³/mol. The number of likely N-dealkylation sites (tertiary alicyclic amines) is 1. The summed E-state index contributed by atoms with van der Waals surface area (Å²) in [7, 11) is -3.88. The number of carbonyl (C=O) groups excluding carboxylic acids is 1. The van der Waals surface area contributed by atoms with Crippen LogP contribution in [0.5, 0.6) is 0 Å². The summed E-state index contributed by atoms with van der Waals surface area (Å²) in [4.78, 5) is 14.8. The molecule has 4 aromatic rings. The van der Waals surface area contributed by atoms with Gasteiger partial charge >= 0.3 is 7.82 Å². The number of phosphoric ester groups is 1. The fourth-order valence-corrected chi connectivity index (χ4v) is 6.77. The first-order valence-corrected chi connectivity index (χ1v) is 17.0. The molecule has 1 aliphatic rings. The maximum Gasteiger partial charge on any atom is 0.475 e. The Morgan fingerprint density at radius 3 is 1.91 bits per heavy atom. The van der Waals surface area contributed by atoms with E-state index in [1.807, 2.05) is 60.7 Å². The summed E-state index contributed by atoms with van der Waals surface area (Å²) < 4.78 is 31.2. The van der Waals surface area contributed by atoms with E-state index in [1.54, 1.807) is 4.90 Å². The molecule has 1 saturated heterocycles. The largest absolute Gasteiger partial charge is 0.475 e. The van der Waals surface area contributed by atoms with Gasteiger partial charge in [0.2, 0.25) is 5.91 Å². The predicted octanol–water partition coefficient (Wildman–Crippen LogP) is 8.26. The van der Waals surface area contributed by atoms with Crippen LogP contribution >= 0.6 is 7.82 Å². The highest BCUT2D eigenvalue weighted by Crippen LogP contribution is 2.53. The molecule has 0 spiro atoms. The lowest BCUT2D eigenvalue weighted by molar-refractivity contribution is -0.130. The van der Waals surface area contributed by atoms with Gasteiger partial charge in [0.15, 0.2) is 0 Å². The molecule has 0 aromatic heterocycles. The Kier molecular flexibility index (Phi) is 11.6. The summed E-state index contributed by atoms with van der Waals surface area (Å²) in [6, 6.07) is 36.4. The minimum absolute atomic E-state index is 0.0937. The molecule has 6 nitrogen and oxygen atoms in total. The van der Waals surface area contributed by atoms with Crippen LogP contribution in [0.15, 0.2) is 109 Å². The van der Waals surface area contributed by atoms with E-state index >= 15 is 0 Å². The van der Waals surface area contributed by atoms with Crippen molar-refractivity contribution in [1.29, 1.82) is 0 Å². The highest BCUT2D eigenvalue weighted by molar-refractivity contribution is 7.48. The van der Waals surface area contributed by atoms with Crippen molar-refractivity contribution in [3.8, 4) is 0 Å². The number of hydrogen-bond acceptors (Lipinski definition) is 5. The second-order valence-electron chi connectivity index (χ2n) is 11.4. The van der Waals surface area contributed by atoms with Gasteiger partial charge in [-0.25, -0.2) is 4.57 Å². The molecule has 7 heteroatoms. The van der Waals surface area contributed by atoms with Crippen LogP contribution in [0, 0.1) is 6.92 Å². The lowest BCUT2D eigenvalue weighted by Gasteiger charge is -2.22. The molecule has 0 radical (unpaired) electrons. The van der Waals surface area contributed by atoms with Crippen molar-refractivity contribution in [3.05, 3.63) is 143 Å². The third kappa shape index (κ3) is 9.73. The van der Waals surface area contributed by atoms with Crippen molar-refractivity contribution < 1.29 is 22.9 Å². The van der Waals surface area contributed by atoms with E-state index < -0.39 is 13.9 Å². The van der Waals surface area contributed by atoms with Gasteiger partial charge in [-0.2, -0.15) is 0 Å². The van der Waals surface area contributed by atoms with Gasteiger partial charge in [-0.05, 0) is 72.4 Å². The Bertz CT molecular complexity index is 1460. The zero-order valence-electron chi connectivity index (χ0n) is 25.5. The van der Waals surface area contributed by atoms with E-state index in [4.69, 9.17) is 13.6 Å². The average molecular weight is 612 g/mol. The summed E-state index contributed by atoms with van der Waals surface area (Å²) in [5.41, 5.74) is 7.05. The fourth-order valence-electron chi connectivity index (χ4n) is 5.42. The molecule has 0 unspecified atom stereocenters. The summed E-state index contributed by atoms with van der Waals surface area (Å²) in [6.45, 7) is 3.32. The van der Waals surface area contributed by atoms with Crippen molar-refractivity contribution in [2.45, 2.75) is 64.8 Å². The van der Waals surface area contributed by atoms with Gasteiger partial charge < -0.3 is 4.90 Å². The number of benzene rings is 4. The summed E-state index contributed by atoms with van der Waals surface area (Å²) in [5.74, 6) is 0.0937. The van der Waals surface area contributed by atoms with Crippen molar-refractivity contribution in [2.75, 3.05) is 13.1 Å². The molecule has 1 fully saturated rings. The smallest absolute Gasteiger partial charge is 0.340 e. The van der Waals surface area contributed by atoms with Crippen LogP contribution in [-0.4, -0.2) is 30.0 Å². The molecule has 1 heterocycles. The number of aryl methyl sites for hydroxylation is 4. The monoisotopic (exact) mass is 611 g/mol. The lowest BCUT2D eigenvalue weighted by atomic mass is 9.99. The van der Waals surface area contributed by atoms with Gasteiger partial charge in [-0.15, -0.1) is 0 Å². The van der Waals surface area contributed by atoms with Gasteiger partial charge in [0.05, 0.1) is 19.3 Å². The van der Waals surface area contributed by atoms with Crippen LogP contribution in [0.1, 0.15) is 52.6 Å². The molecule has 4 aromatic carbocycles. The molecule has 1 aliphatic heterocycles. The van der Waals surface area contributed by atoms with Crippen molar-refractivity contribution in [1.82, 2.24) is 4.90 Å². The van der Waals surface area contributed by atoms with Gasteiger partial charge in [0.25, 0.3) is 0 Å². The minimum Gasteiger partial charge on any atom is -0.340 e. The maximum absolute atomic E-state index is 13.7. The number of hydrogen-bond donors (Lipinski definition) is 0. The minimum atomic E-state index is -3.88. The molecular formula is C37H42NO5P. The fraction of sp³-hybridized carbons (Fsp3) is 0.324. The van der Waals surface area contributed by atoms with Crippen LogP contribution < -0.4 is 0 Å². The number of nitrogens with zero attached hydrogens (tertiary/aromatic N) is 1. The number of carbonyl (C=O) groups is 1. The van der Waals surface area contributed by atoms with Crippen LogP contribution in [0.25, 0.3) is 0 Å². The quantitative estimate of drug-likeness (QED) is 0.127. The van der Waals surface area contributed by atoms with E-state index in [0.717, 1.165) is 36.8 Å². The summed E-state index contributed by atoms with van der Waals surface area (Å²) >= 11 is 0. The summed E-state index contributed by atoms with van der Waals surface area (Å²) in [6.07, 6.45) is 4.33. The maximum atomic E-state index is 13.7. The van der Waals surface area contributed by atoms with Crippen LogP contribution in [0.2, 0.25) is 0 Å². The Hall–Kier alpha value is -3.54. The highest BCUT2D eigenvalue weighted by atomic mass is 31.2. The van der Waals surface area contributed by atoms with E-state index in [2.05, 4.69) is 55.5 Å². The SMILES string of the molecule is Cc1ccccc1CCc1ccc(CCCC(=O)N2CC[C@@H](OP(=O)(OCc3ccccc3)OCc3ccccc3)C2)cc1. The molecule has 1 atom stereocenters. The van der Waals surface area contributed by atoms with E-state index in [1.165, 1.54) is 22.3 Å². The number of rotatable bonds is 15. The summed E-state index contributed by atoms with van der Waals surface area (Å²) in [5, 5.41) is 0. The molecule has 0 saturated carbocycles. The van der Waals surface area contributed by atoms with Crippen molar-refractivity contribution in [3.63, 3.8) is 0 Å². The molecule has 5 rings (SSSR count). The molecule has 0 bridgehead atoms. The van der Waals surface area contributed by atoms with Gasteiger partial charge in [0.1, 0.15) is 0 Å².